The third-order valence-corrected chi connectivity index (χ3v) is 2.98. The summed E-state index contributed by atoms with van der Waals surface area (Å²) in [5.74, 6) is 0. The fraction of sp³-hybridized carbons (Fsp3) is 0. The Morgan fingerprint density at radius 1 is 1.00 bits per heavy atom. The maximum Gasteiger partial charge on any atom is 0.112 e. The summed E-state index contributed by atoms with van der Waals surface area (Å²) in [4.78, 5) is 6.40. The molecule has 0 atom stereocenters. The second-order valence-corrected chi connectivity index (χ2v) is 4.09. The van der Waals surface area contributed by atoms with Gasteiger partial charge in [0.05, 0.1) is 0 Å². The van der Waals surface area contributed by atoms with Crippen molar-refractivity contribution in [2.24, 2.45) is 0 Å². The second kappa shape index (κ2) is 3.61. The minimum atomic E-state index is 0.758. The summed E-state index contributed by atoms with van der Waals surface area (Å²) in [6.45, 7) is 0. The van der Waals surface area contributed by atoms with Crippen molar-refractivity contribution < 1.29 is 0 Å². The standard InChI is InChI=1S/C13H10N2S/c16-13-10(5-3-7-14-13)12-8-9-4-1-2-6-11(9)15-12/h1-8,15H,(H,14,16). The van der Waals surface area contributed by atoms with E-state index in [0.29, 0.717) is 0 Å². The molecule has 0 amide bonds. The minimum Gasteiger partial charge on any atom is -0.354 e. The van der Waals surface area contributed by atoms with Gasteiger partial charge >= 0.3 is 0 Å². The number of para-hydroxylation sites is 1. The topological polar surface area (TPSA) is 31.6 Å². The molecule has 0 saturated heterocycles. The molecule has 3 rings (SSSR count). The van der Waals surface area contributed by atoms with Gasteiger partial charge in [0, 0.05) is 28.4 Å². The Morgan fingerprint density at radius 2 is 1.88 bits per heavy atom. The molecule has 16 heavy (non-hydrogen) atoms. The van der Waals surface area contributed by atoms with Crippen molar-refractivity contribution in [1.29, 1.82) is 0 Å². The first kappa shape index (κ1) is 9.36. The highest BCUT2D eigenvalue weighted by molar-refractivity contribution is 7.71. The normalized spacial score (nSPS) is 10.8. The zero-order valence-corrected chi connectivity index (χ0v) is 9.34. The van der Waals surface area contributed by atoms with Gasteiger partial charge < -0.3 is 9.97 Å². The number of hydrogen-bond acceptors (Lipinski definition) is 1. The highest BCUT2D eigenvalue weighted by atomic mass is 32.1. The van der Waals surface area contributed by atoms with E-state index >= 15 is 0 Å². The lowest BCUT2D eigenvalue weighted by Gasteiger charge is -1.96. The molecule has 0 aliphatic carbocycles. The number of rotatable bonds is 1. The Bertz CT molecular complexity index is 661. The highest BCUT2D eigenvalue weighted by Gasteiger charge is 2.03. The van der Waals surface area contributed by atoms with E-state index in [2.05, 4.69) is 28.2 Å². The number of fused-ring (bicyclic) bond motifs is 1. The van der Waals surface area contributed by atoms with Crippen molar-refractivity contribution in [1.82, 2.24) is 9.97 Å². The van der Waals surface area contributed by atoms with Crippen LogP contribution in [0.3, 0.4) is 0 Å². The van der Waals surface area contributed by atoms with Crippen LogP contribution >= 0.6 is 12.2 Å². The quantitative estimate of drug-likeness (QED) is 0.606. The van der Waals surface area contributed by atoms with Crippen LogP contribution in [0.5, 0.6) is 0 Å². The molecule has 0 aliphatic rings. The zero-order valence-electron chi connectivity index (χ0n) is 8.53. The summed E-state index contributed by atoms with van der Waals surface area (Å²) >= 11 is 5.26. The van der Waals surface area contributed by atoms with Gasteiger partial charge in [-0.25, -0.2) is 0 Å². The van der Waals surface area contributed by atoms with Crippen LogP contribution in [-0.4, -0.2) is 9.97 Å². The summed E-state index contributed by atoms with van der Waals surface area (Å²) in [7, 11) is 0. The predicted molar refractivity (Wildman–Crippen MR) is 68.9 cm³/mol. The zero-order chi connectivity index (χ0) is 11.0. The van der Waals surface area contributed by atoms with E-state index in [1.807, 2.05) is 30.5 Å². The summed E-state index contributed by atoms with van der Waals surface area (Å²) in [5, 5.41) is 1.20. The van der Waals surface area contributed by atoms with Crippen LogP contribution in [0.2, 0.25) is 0 Å². The number of pyridine rings is 1. The number of H-pyrrole nitrogens is 2. The van der Waals surface area contributed by atoms with Crippen molar-refractivity contribution in [3.8, 4) is 11.3 Å². The Kier molecular flexibility index (Phi) is 2.11. The van der Waals surface area contributed by atoms with Gasteiger partial charge in [-0.05, 0) is 24.3 Å². The van der Waals surface area contributed by atoms with Gasteiger partial charge in [0.2, 0.25) is 0 Å². The van der Waals surface area contributed by atoms with E-state index in [1.165, 1.54) is 5.39 Å². The van der Waals surface area contributed by atoms with E-state index in [-0.39, 0.29) is 0 Å². The molecule has 78 valence electrons. The molecule has 0 spiro atoms. The van der Waals surface area contributed by atoms with Crippen molar-refractivity contribution in [2.75, 3.05) is 0 Å². The molecule has 0 saturated carbocycles. The Morgan fingerprint density at radius 3 is 2.69 bits per heavy atom. The van der Waals surface area contributed by atoms with Crippen LogP contribution in [0.25, 0.3) is 22.2 Å². The molecule has 2 nitrogen and oxygen atoms in total. The molecule has 3 aromatic rings. The number of hydrogen-bond donors (Lipinski definition) is 2. The molecule has 3 heteroatoms. The lowest BCUT2D eigenvalue weighted by molar-refractivity contribution is 1.29. The maximum absolute atomic E-state index is 5.26. The molecular weight excluding hydrogens is 216 g/mol. The Hall–Kier alpha value is -1.87. The maximum atomic E-state index is 5.26. The molecular formula is C13H10N2S. The molecule has 2 heterocycles. The molecule has 2 aromatic heterocycles. The first-order chi connectivity index (χ1) is 7.84. The van der Waals surface area contributed by atoms with Crippen molar-refractivity contribution in [2.45, 2.75) is 0 Å². The van der Waals surface area contributed by atoms with Gasteiger partial charge in [0.25, 0.3) is 0 Å². The van der Waals surface area contributed by atoms with Gasteiger partial charge in [-0.15, -0.1) is 0 Å². The fourth-order valence-electron chi connectivity index (χ4n) is 1.85. The van der Waals surface area contributed by atoms with Crippen LogP contribution in [-0.2, 0) is 0 Å². The second-order valence-electron chi connectivity index (χ2n) is 3.68. The first-order valence-electron chi connectivity index (χ1n) is 5.10. The van der Waals surface area contributed by atoms with Crippen LogP contribution in [0.1, 0.15) is 0 Å². The fourth-order valence-corrected chi connectivity index (χ4v) is 2.10. The third-order valence-electron chi connectivity index (χ3n) is 2.64. The molecule has 0 radical (unpaired) electrons. The number of benzene rings is 1. The molecule has 2 N–H and O–H groups in total. The monoisotopic (exact) mass is 226 g/mol. The van der Waals surface area contributed by atoms with E-state index < -0.39 is 0 Å². The van der Waals surface area contributed by atoms with Gasteiger partial charge in [-0.2, -0.15) is 0 Å². The van der Waals surface area contributed by atoms with Gasteiger partial charge in [0.1, 0.15) is 4.64 Å². The van der Waals surface area contributed by atoms with Gasteiger partial charge in [-0.1, -0.05) is 30.4 Å². The number of nitrogens with one attached hydrogen (secondary N) is 2. The third kappa shape index (κ3) is 1.46. The van der Waals surface area contributed by atoms with Crippen molar-refractivity contribution >= 4 is 23.1 Å². The van der Waals surface area contributed by atoms with Crippen LogP contribution in [0.4, 0.5) is 0 Å². The molecule has 0 unspecified atom stereocenters. The average molecular weight is 226 g/mol. The summed E-state index contributed by atoms with van der Waals surface area (Å²) < 4.78 is 0.758. The molecule has 0 aliphatic heterocycles. The molecule has 1 aromatic carbocycles. The smallest absolute Gasteiger partial charge is 0.112 e. The van der Waals surface area contributed by atoms with Crippen molar-refractivity contribution in [3.63, 3.8) is 0 Å². The molecule has 0 bridgehead atoms. The summed E-state index contributed by atoms with van der Waals surface area (Å²) in [5.41, 5.74) is 3.23. The molecule has 0 fully saturated rings. The average Bonchev–Trinajstić information content (AvgIpc) is 2.73. The summed E-state index contributed by atoms with van der Waals surface area (Å²) in [6.07, 6.45) is 1.84. The van der Waals surface area contributed by atoms with E-state index in [4.69, 9.17) is 12.2 Å². The van der Waals surface area contributed by atoms with Crippen LogP contribution in [0.15, 0.2) is 48.7 Å². The van der Waals surface area contributed by atoms with Crippen LogP contribution in [0, 0.1) is 4.64 Å². The van der Waals surface area contributed by atoms with Gasteiger partial charge in [-0.3, -0.25) is 0 Å². The largest absolute Gasteiger partial charge is 0.354 e. The first-order valence-corrected chi connectivity index (χ1v) is 5.51. The highest BCUT2D eigenvalue weighted by Crippen LogP contribution is 2.23. The lowest BCUT2D eigenvalue weighted by Crippen LogP contribution is -1.80. The van der Waals surface area contributed by atoms with Crippen molar-refractivity contribution in [3.05, 3.63) is 53.3 Å². The number of aromatic nitrogens is 2. The van der Waals surface area contributed by atoms with Gasteiger partial charge in [0.15, 0.2) is 0 Å². The lowest BCUT2D eigenvalue weighted by atomic mass is 10.2. The number of aromatic amines is 2. The Labute approximate surface area is 98.0 Å². The minimum absolute atomic E-state index is 0.758. The Balaban J connectivity index is 2.27. The van der Waals surface area contributed by atoms with E-state index in [0.717, 1.165) is 21.4 Å². The summed E-state index contributed by atoms with van der Waals surface area (Å²) in [6, 6.07) is 14.3. The van der Waals surface area contributed by atoms with E-state index in [9.17, 15) is 0 Å². The SMILES string of the molecule is S=c1[nH]cccc1-c1cc2ccccc2[nH]1. The predicted octanol–water partition coefficient (Wildman–Crippen LogP) is 3.89. The van der Waals surface area contributed by atoms with Crippen LogP contribution < -0.4 is 0 Å². The van der Waals surface area contributed by atoms with E-state index in [1.54, 1.807) is 0 Å².